The minimum absolute atomic E-state index is 0.0810. The molecule has 2 atom stereocenters. The van der Waals surface area contributed by atoms with Gasteiger partial charge in [0.25, 0.3) is 0 Å². The highest BCUT2D eigenvalue weighted by Gasteiger charge is 2.32. The predicted octanol–water partition coefficient (Wildman–Crippen LogP) is 15.7. The van der Waals surface area contributed by atoms with Gasteiger partial charge < -0.3 is 67.0 Å². The fourth-order valence-electron chi connectivity index (χ4n) is 12.2. The number of carbonyl (C=O) groups is 9. The highest BCUT2D eigenvalue weighted by atomic mass is 79.9. The Balaban J connectivity index is 0.000000726. The summed E-state index contributed by atoms with van der Waals surface area (Å²) >= 11 is 44.6. The number of piperidine rings is 4. The van der Waals surface area contributed by atoms with E-state index < -0.39 is 32.2 Å². The number of hydrogen-bond acceptors (Lipinski definition) is 27. The van der Waals surface area contributed by atoms with Crippen molar-refractivity contribution in [3.05, 3.63) is 0 Å². The lowest BCUT2D eigenvalue weighted by atomic mass is 9.94. The monoisotopic (exact) mass is 2680 g/mol. The number of rotatable bonds is 38. The van der Waals surface area contributed by atoms with E-state index in [9.17, 15) is 51.6 Å². The van der Waals surface area contributed by atoms with Crippen LogP contribution < -0.4 is 0 Å². The van der Waals surface area contributed by atoms with Crippen molar-refractivity contribution >= 4 is 287 Å². The number of carbonyl (C=O) groups excluding carboxylic acids is 9. The zero-order valence-electron chi connectivity index (χ0n) is 73.0. The predicted molar refractivity (Wildman–Crippen MR) is 538 cm³/mol. The summed E-state index contributed by atoms with van der Waals surface area (Å²) in [5, 5.41) is 3.74. The maximum absolute atomic E-state index is 12.1. The number of nitrogens with zero attached hydrogens (tertiary/aromatic N) is 8. The molecular weight excluding hydrogens is 2560 g/mol. The van der Waals surface area contributed by atoms with E-state index in [1.807, 2.05) is 41.5 Å². The number of esters is 7. The van der Waals surface area contributed by atoms with E-state index in [-0.39, 0.29) is 87.0 Å². The van der Waals surface area contributed by atoms with Gasteiger partial charge in [-0.3, -0.25) is 38.8 Å². The first kappa shape index (κ1) is 123. The molecule has 7 rings (SSSR count). The molecule has 7 aliphatic rings. The number of halogens is 14. The fraction of sp³-hybridized carbons (Fsp3) is 0.887. The number of ether oxygens (including phenoxy) is 10. The second-order valence-corrected chi connectivity index (χ2v) is 49.4. The molecule has 124 heavy (non-hydrogen) atoms. The van der Waals surface area contributed by atoms with Gasteiger partial charge >= 0.3 is 54.0 Å². The number of unbranched alkanes of at least 4 members (excludes halogenated alkanes) is 1. The Morgan fingerprint density at radius 3 is 1.03 bits per heavy atom. The van der Waals surface area contributed by atoms with Crippen LogP contribution >= 0.6 is 223 Å². The molecule has 44 heteroatoms. The van der Waals surface area contributed by atoms with Crippen LogP contribution in [0.25, 0.3) is 0 Å². The SMILES string of the molecule is CC(C)(C)OC(=O)N1CCC(CCOC(=O)C(Br)Br)CC1.CCC(C)(C)OC(=O)N1CCC(CCOC(=O)C(Br)Br)CC1.CN1CCN(CCOC(=O)C(CBr)CBr)CC1.O=C(OCCCCN1CCS(=O)(=O)CC1)C(Br)Br.O=C(OCCN1CCCCC1)C(Br)CBr.O=C(OCCN1CCCCC1)C(Br)CBr.O=C(OCCN1CCOCC1)C(CBr)CBr. The molecule has 7 fully saturated rings. The lowest BCUT2D eigenvalue weighted by molar-refractivity contribution is -0.148. The van der Waals surface area contributed by atoms with Crippen LogP contribution in [0.3, 0.4) is 0 Å². The molecule has 7 aliphatic heterocycles. The Morgan fingerprint density at radius 2 is 0.694 bits per heavy atom. The van der Waals surface area contributed by atoms with Crippen LogP contribution in [0.4, 0.5) is 9.59 Å². The van der Waals surface area contributed by atoms with Crippen LogP contribution in [0.2, 0.25) is 0 Å². The molecular formula is C80H136Br14N8O21S. The molecule has 0 aromatic rings. The van der Waals surface area contributed by atoms with Gasteiger partial charge in [-0.05, 0) is 170 Å². The summed E-state index contributed by atoms with van der Waals surface area (Å²) in [4.78, 5) is 120. The summed E-state index contributed by atoms with van der Waals surface area (Å²) in [6.45, 7) is 35.3. The highest BCUT2D eigenvalue weighted by Crippen LogP contribution is 2.26. The van der Waals surface area contributed by atoms with Crippen LogP contribution in [0.5, 0.6) is 0 Å². The number of likely N-dealkylation sites (N-methyl/N-ethyl adjacent to an activating group) is 1. The van der Waals surface area contributed by atoms with Crippen molar-refractivity contribution < 1.29 is 98.9 Å². The molecule has 0 aliphatic carbocycles. The summed E-state index contributed by atoms with van der Waals surface area (Å²) in [7, 11) is -0.660. The average molecular weight is 2700 g/mol. The van der Waals surface area contributed by atoms with Gasteiger partial charge in [0.2, 0.25) is 0 Å². The third-order valence-corrected chi connectivity index (χ3v) is 31.8. The van der Waals surface area contributed by atoms with Gasteiger partial charge in [-0.1, -0.05) is 243 Å². The molecule has 726 valence electrons. The Bertz CT molecular complexity index is 2970. The minimum atomic E-state index is -2.79. The van der Waals surface area contributed by atoms with Gasteiger partial charge in [0.15, 0.2) is 21.0 Å². The zero-order valence-corrected chi connectivity index (χ0v) is 96.0. The number of amides is 2. The first-order valence-electron chi connectivity index (χ1n) is 42.5. The van der Waals surface area contributed by atoms with E-state index in [1.54, 1.807) is 9.80 Å². The molecule has 0 aromatic heterocycles. The van der Waals surface area contributed by atoms with Gasteiger partial charge in [-0.25, -0.2) is 32.4 Å². The first-order chi connectivity index (χ1) is 58.8. The van der Waals surface area contributed by atoms with E-state index in [2.05, 4.69) is 259 Å². The highest BCUT2D eigenvalue weighted by molar-refractivity contribution is 9.25. The van der Waals surface area contributed by atoms with Crippen LogP contribution in [0, 0.1) is 23.7 Å². The average Bonchev–Trinajstić information content (AvgIpc) is 0.860. The first-order valence-corrected chi connectivity index (χ1v) is 58.3. The van der Waals surface area contributed by atoms with Crippen LogP contribution in [0.1, 0.15) is 138 Å². The van der Waals surface area contributed by atoms with Gasteiger partial charge in [0.1, 0.15) is 47.3 Å². The molecule has 0 saturated carbocycles. The quantitative estimate of drug-likeness (QED) is 0.0240. The summed E-state index contributed by atoms with van der Waals surface area (Å²) < 4.78 is 73.2. The number of piperazine rings is 1. The molecule has 29 nitrogen and oxygen atoms in total. The van der Waals surface area contributed by atoms with E-state index in [4.69, 9.17) is 47.4 Å². The fourth-order valence-corrected chi connectivity index (χ4v) is 18.2. The van der Waals surface area contributed by atoms with E-state index in [0.29, 0.717) is 129 Å². The Hall–Kier alpha value is 1.22. The molecule has 7 heterocycles. The third kappa shape index (κ3) is 62.1. The molecule has 0 aromatic carbocycles. The van der Waals surface area contributed by atoms with Crippen molar-refractivity contribution in [2.75, 3.05) is 247 Å². The number of morpholine rings is 1. The number of likely N-dealkylation sites (tertiary alicyclic amines) is 4. The standard InChI is InChI=1S/C15H25Br2NO4.C14H23Br2NO4.C11H20Br2N2O2.C10H17Br2NO4S.C10H17Br2NO3.2C10H17Br2NO2/c1-4-15(2,3)22-14(20)18-8-5-11(6-9-18)7-10-21-13(19)12(16)17;1-14(2,3)21-13(19)17-7-4-10(5-8-17)6-9-20-12(18)11(15)16;1-14-2-4-15(5-3-14)6-7-17-11(16)10(8-12)9-13;11-9(12)10(14)17-6-2-1-3-13-4-7-18(15,16)8-5-13;11-7-9(8-12)10(14)16-6-3-13-1-4-15-5-2-13;2*11-8-9(12)10(14)15-7-6-13-4-2-1-3-5-13/h11-12H,4-10H2,1-3H3;10-11H,4-9H2,1-3H3;10H,2-9H2,1H3;9H,1-8H2;9H,1-8H2;2*9H,1-8H2. The van der Waals surface area contributed by atoms with Crippen molar-refractivity contribution in [2.24, 2.45) is 23.7 Å². The van der Waals surface area contributed by atoms with Crippen molar-refractivity contribution in [3.8, 4) is 0 Å². The van der Waals surface area contributed by atoms with Gasteiger partial charge in [-0.15, -0.1) is 0 Å². The van der Waals surface area contributed by atoms with Crippen LogP contribution in [0.15, 0.2) is 0 Å². The summed E-state index contributed by atoms with van der Waals surface area (Å²) in [6, 6.07) is 0. The molecule has 0 spiro atoms. The number of sulfone groups is 1. The molecule has 7 saturated heterocycles. The molecule has 0 bridgehead atoms. The van der Waals surface area contributed by atoms with Gasteiger partial charge in [0.05, 0.1) is 56.4 Å². The van der Waals surface area contributed by atoms with Crippen LogP contribution in [-0.2, 0) is 90.8 Å². The molecule has 2 unspecified atom stereocenters. The summed E-state index contributed by atoms with van der Waals surface area (Å²) in [5.74, 6) is -0.216. The lowest BCUT2D eigenvalue weighted by Gasteiger charge is -2.34. The Kier molecular flexibility index (Phi) is 73.0. The zero-order chi connectivity index (χ0) is 93.1. The minimum Gasteiger partial charge on any atom is -0.464 e. The maximum atomic E-state index is 12.1. The smallest absolute Gasteiger partial charge is 0.410 e. The second kappa shape index (κ2) is 73.5. The number of alkyl halides is 14. The van der Waals surface area contributed by atoms with Crippen molar-refractivity contribution in [2.45, 2.75) is 170 Å². The van der Waals surface area contributed by atoms with Gasteiger partial charge in [0, 0.05) is 137 Å². The Morgan fingerprint density at radius 1 is 0.371 bits per heavy atom. The normalized spacial score (nSPS) is 18.4. The van der Waals surface area contributed by atoms with Crippen molar-refractivity contribution in [1.82, 2.24) is 39.2 Å². The topological polar surface area (TPSA) is 306 Å². The third-order valence-electron chi connectivity index (χ3n) is 20.4. The second-order valence-electron chi connectivity index (χ2n) is 31.8. The number of hydrogen-bond donors (Lipinski definition) is 0. The van der Waals surface area contributed by atoms with E-state index in [1.165, 1.54) is 38.5 Å². The summed E-state index contributed by atoms with van der Waals surface area (Å²) in [5.41, 5.74) is -0.867. The summed E-state index contributed by atoms with van der Waals surface area (Å²) in [6.07, 6.45) is 15.1. The largest absolute Gasteiger partial charge is 0.464 e. The van der Waals surface area contributed by atoms with Crippen molar-refractivity contribution in [1.29, 1.82) is 0 Å². The Labute approximate surface area is 856 Å². The maximum Gasteiger partial charge on any atom is 0.410 e. The van der Waals surface area contributed by atoms with Gasteiger partial charge in [-0.2, -0.15) is 0 Å². The molecule has 0 N–H and O–H groups in total. The van der Waals surface area contributed by atoms with E-state index >= 15 is 0 Å². The molecule has 0 radical (unpaired) electrons. The van der Waals surface area contributed by atoms with Crippen LogP contribution in [-0.4, -0.2) is 381 Å². The molecule has 2 amide bonds. The van der Waals surface area contributed by atoms with Crippen molar-refractivity contribution in [3.63, 3.8) is 0 Å². The van der Waals surface area contributed by atoms with E-state index in [0.717, 1.165) is 169 Å². The lowest BCUT2D eigenvalue weighted by Crippen LogP contribution is -2.45.